The molecule has 1 atom stereocenters. The molecule has 2 aliphatic rings. The summed E-state index contributed by atoms with van der Waals surface area (Å²) in [7, 11) is 0. The third-order valence-electron chi connectivity index (χ3n) is 6.83. The summed E-state index contributed by atoms with van der Waals surface area (Å²) in [4.78, 5) is 21.5. The number of benzene rings is 2. The van der Waals surface area contributed by atoms with Gasteiger partial charge in [0.1, 0.15) is 17.2 Å². The van der Waals surface area contributed by atoms with Crippen LogP contribution in [0.1, 0.15) is 41.0 Å². The molecule has 7 nitrogen and oxygen atoms in total. The molecule has 0 aliphatic carbocycles. The molecule has 0 saturated carbocycles. The van der Waals surface area contributed by atoms with Crippen LogP contribution in [0, 0.1) is 5.82 Å². The van der Waals surface area contributed by atoms with E-state index in [0.29, 0.717) is 36.6 Å². The van der Waals surface area contributed by atoms with Gasteiger partial charge in [0.05, 0.1) is 36.6 Å². The molecule has 194 valence electrons. The molecule has 2 N–H and O–H groups in total. The van der Waals surface area contributed by atoms with E-state index in [9.17, 15) is 14.3 Å². The molecule has 0 unspecified atom stereocenters. The predicted octanol–water partition coefficient (Wildman–Crippen LogP) is 3.87. The van der Waals surface area contributed by atoms with Gasteiger partial charge in [-0.2, -0.15) is 0 Å². The van der Waals surface area contributed by atoms with Crippen LogP contribution < -0.4 is 10.1 Å². The second-order valence-electron chi connectivity index (χ2n) is 10.5. The number of ether oxygens (including phenoxy) is 1. The SMILES string of the molecule is CC1(C)CN(C[C@H](O)CN2CCc3ccccc3C2)C(=O)c2ccc(NCc3ccc(F)cn3)cc2O1. The highest BCUT2D eigenvalue weighted by atomic mass is 19.1. The Hall–Kier alpha value is -3.49. The zero-order chi connectivity index (χ0) is 26.0. The summed E-state index contributed by atoms with van der Waals surface area (Å²) in [6.45, 7) is 7.10. The van der Waals surface area contributed by atoms with Gasteiger partial charge in [0.2, 0.25) is 0 Å². The van der Waals surface area contributed by atoms with Gasteiger partial charge in [-0.3, -0.25) is 14.7 Å². The first-order valence-corrected chi connectivity index (χ1v) is 12.7. The average Bonchev–Trinajstić information content (AvgIpc) is 2.96. The number of fused-ring (bicyclic) bond motifs is 2. The number of anilines is 1. The number of carbonyl (C=O) groups excluding carboxylic acids is 1. The quantitative estimate of drug-likeness (QED) is 0.509. The van der Waals surface area contributed by atoms with E-state index >= 15 is 0 Å². The normalized spacial score (nSPS) is 17.8. The first kappa shape index (κ1) is 25.2. The van der Waals surface area contributed by atoms with Crippen LogP contribution in [0.15, 0.2) is 60.8 Å². The highest BCUT2D eigenvalue weighted by Gasteiger charge is 2.35. The molecule has 37 heavy (non-hydrogen) atoms. The van der Waals surface area contributed by atoms with Gasteiger partial charge in [0, 0.05) is 37.9 Å². The Morgan fingerprint density at radius 3 is 2.73 bits per heavy atom. The van der Waals surface area contributed by atoms with Crippen molar-refractivity contribution in [1.29, 1.82) is 0 Å². The first-order chi connectivity index (χ1) is 17.8. The van der Waals surface area contributed by atoms with Gasteiger partial charge in [0.25, 0.3) is 5.91 Å². The minimum Gasteiger partial charge on any atom is -0.485 e. The number of carbonyl (C=O) groups is 1. The summed E-state index contributed by atoms with van der Waals surface area (Å²) in [5, 5.41) is 14.2. The number of nitrogens with one attached hydrogen (secondary N) is 1. The third-order valence-corrected chi connectivity index (χ3v) is 6.83. The van der Waals surface area contributed by atoms with Crippen molar-refractivity contribution in [3.8, 4) is 5.75 Å². The standard InChI is InChI=1S/C29H33FN4O3/c1-29(2)19-34(18-25(35)17-33-12-11-20-5-3-4-6-21(20)16-33)28(36)26-10-9-23(13-27(26)37-29)32-15-24-8-7-22(30)14-31-24/h3-10,13-14,25,32,35H,11-12,15-19H2,1-2H3/t25-/m1/s1. The van der Waals surface area contributed by atoms with Gasteiger partial charge in [-0.05, 0) is 55.7 Å². The number of nitrogens with zero attached hydrogens (tertiary/aromatic N) is 3. The van der Waals surface area contributed by atoms with Crippen LogP contribution >= 0.6 is 0 Å². The highest BCUT2D eigenvalue weighted by molar-refractivity contribution is 5.98. The maximum atomic E-state index is 13.5. The molecule has 2 aliphatic heterocycles. The number of hydrogen-bond donors (Lipinski definition) is 2. The molecule has 5 rings (SSSR count). The van der Waals surface area contributed by atoms with Crippen LogP contribution in [0.2, 0.25) is 0 Å². The molecule has 0 bridgehead atoms. The molecule has 1 aromatic heterocycles. The van der Waals surface area contributed by atoms with E-state index in [1.807, 2.05) is 26.0 Å². The van der Waals surface area contributed by atoms with Crippen LogP contribution in [0.5, 0.6) is 5.75 Å². The summed E-state index contributed by atoms with van der Waals surface area (Å²) in [6.07, 6.45) is 1.48. The van der Waals surface area contributed by atoms with E-state index in [0.717, 1.165) is 25.2 Å². The van der Waals surface area contributed by atoms with Gasteiger partial charge in [-0.25, -0.2) is 4.39 Å². The lowest BCUT2D eigenvalue weighted by Crippen LogP contribution is -2.48. The molecule has 0 spiro atoms. The summed E-state index contributed by atoms with van der Waals surface area (Å²) >= 11 is 0. The van der Waals surface area contributed by atoms with E-state index in [1.165, 1.54) is 23.4 Å². The molecule has 0 fully saturated rings. The summed E-state index contributed by atoms with van der Waals surface area (Å²) < 4.78 is 19.4. The minimum absolute atomic E-state index is 0.157. The van der Waals surface area contributed by atoms with Crippen LogP contribution in [-0.2, 0) is 19.5 Å². The van der Waals surface area contributed by atoms with Crippen molar-refractivity contribution in [1.82, 2.24) is 14.8 Å². The van der Waals surface area contributed by atoms with Crippen molar-refractivity contribution < 1.29 is 19.0 Å². The highest BCUT2D eigenvalue weighted by Crippen LogP contribution is 2.32. The molecule has 0 radical (unpaired) electrons. The lowest BCUT2D eigenvalue weighted by Gasteiger charge is -2.33. The van der Waals surface area contributed by atoms with Gasteiger partial charge >= 0.3 is 0 Å². The van der Waals surface area contributed by atoms with E-state index in [1.54, 1.807) is 17.0 Å². The van der Waals surface area contributed by atoms with E-state index in [4.69, 9.17) is 4.74 Å². The number of hydrogen-bond acceptors (Lipinski definition) is 6. The summed E-state index contributed by atoms with van der Waals surface area (Å²) in [5.74, 6) is -0.0362. The van der Waals surface area contributed by atoms with Crippen molar-refractivity contribution in [3.63, 3.8) is 0 Å². The average molecular weight is 505 g/mol. The zero-order valence-electron chi connectivity index (χ0n) is 21.3. The molecule has 3 heterocycles. The van der Waals surface area contributed by atoms with Crippen molar-refractivity contribution in [2.24, 2.45) is 0 Å². The van der Waals surface area contributed by atoms with E-state index in [2.05, 4.69) is 39.5 Å². The Morgan fingerprint density at radius 2 is 1.95 bits per heavy atom. The van der Waals surface area contributed by atoms with Crippen LogP contribution in [-0.4, -0.2) is 63.7 Å². The number of β-amino-alcohol motifs (C(OH)–C–C–N with tert-alkyl or cyclic N) is 1. The van der Waals surface area contributed by atoms with Crippen molar-refractivity contribution in [2.45, 2.75) is 45.1 Å². The van der Waals surface area contributed by atoms with E-state index in [-0.39, 0.29) is 18.3 Å². The molecular formula is C29H33FN4O3. The second-order valence-corrected chi connectivity index (χ2v) is 10.5. The number of aromatic nitrogens is 1. The first-order valence-electron chi connectivity index (χ1n) is 12.7. The minimum atomic E-state index is -0.671. The molecule has 1 amide bonds. The predicted molar refractivity (Wildman–Crippen MR) is 140 cm³/mol. The van der Waals surface area contributed by atoms with Gasteiger partial charge in [-0.15, -0.1) is 0 Å². The van der Waals surface area contributed by atoms with Crippen molar-refractivity contribution >= 4 is 11.6 Å². The monoisotopic (exact) mass is 504 g/mol. The number of aliphatic hydroxyl groups excluding tert-OH is 1. The van der Waals surface area contributed by atoms with Crippen LogP contribution in [0.3, 0.4) is 0 Å². The van der Waals surface area contributed by atoms with Gasteiger partial charge in [-0.1, -0.05) is 24.3 Å². The van der Waals surface area contributed by atoms with Gasteiger partial charge in [0.15, 0.2) is 0 Å². The van der Waals surface area contributed by atoms with Crippen LogP contribution in [0.25, 0.3) is 0 Å². The summed E-state index contributed by atoms with van der Waals surface area (Å²) in [5.41, 5.74) is 3.97. The second kappa shape index (κ2) is 10.5. The Labute approximate surface area is 216 Å². The molecule has 3 aromatic rings. The fourth-order valence-corrected chi connectivity index (χ4v) is 5.10. The number of amides is 1. The Balaban J connectivity index is 1.25. The third kappa shape index (κ3) is 6.09. The Morgan fingerprint density at radius 1 is 1.14 bits per heavy atom. The van der Waals surface area contributed by atoms with Crippen molar-refractivity contribution in [2.75, 3.05) is 31.5 Å². The maximum absolute atomic E-state index is 13.5. The number of halogens is 1. The fraction of sp³-hybridized carbons (Fsp3) is 0.379. The lowest BCUT2D eigenvalue weighted by atomic mass is 9.99. The molecule has 8 heteroatoms. The largest absolute Gasteiger partial charge is 0.485 e. The maximum Gasteiger partial charge on any atom is 0.257 e. The summed E-state index contributed by atoms with van der Waals surface area (Å²) in [6, 6.07) is 16.8. The lowest BCUT2D eigenvalue weighted by molar-refractivity contribution is 0.0287. The van der Waals surface area contributed by atoms with Crippen LogP contribution in [0.4, 0.5) is 10.1 Å². The van der Waals surface area contributed by atoms with Crippen molar-refractivity contribution in [3.05, 3.63) is 89.0 Å². The number of rotatable bonds is 7. The van der Waals surface area contributed by atoms with E-state index < -0.39 is 11.7 Å². The zero-order valence-corrected chi connectivity index (χ0v) is 21.3. The number of pyridine rings is 1. The molecule has 0 saturated heterocycles. The Bertz CT molecular complexity index is 1260. The fourth-order valence-electron chi connectivity index (χ4n) is 5.10. The van der Waals surface area contributed by atoms with Gasteiger partial charge < -0.3 is 20.1 Å². The molecule has 2 aromatic carbocycles. The smallest absolute Gasteiger partial charge is 0.257 e. The number of aliphatic hydroxyl groups is 1. The Kier molecular flexibility index (Phi) is 7.13. The molecular weight excluding hydrogens is 471 g/mol. The topological polar surface area (TPSA) is 77.9 Å².